The Kier molecular flexibility index (Phi) is 5.05. The van der Waals surface area contributed by atoms with Gasteiger partial charge in [-0.1, -0.05) is 26.7 Å². The molecule has 3 heteroatoms. The molecule has 0 bridgehead atoms. The van der Waals surface area contributed by atoms with Gasteiger partial charge in [0.15, 0.2) is 0 Å². The Labute approximate surface area is 112 Å². The summed E-state index contributed by atoms with van der Waals surface area (Å²) < 4.78 is 5.77. The molecule has 18 heavy (non-hydrogen) atoms. The van der Waals surface area contributed by atoms with Crippen molar-refractivity contribution in [2.45, 2.75) is 64.6 Å². The number of rotatable bonds is 3. The highest BCUT2D eigenvalue weighted by molar-refractivity contribution is 4.86. The fourth-order valence-corrected chi connectivity index (χ4v) is 3.48. The zero-order valence-corrected chi connectivity index (χ0v) is 12.3. The van der Waals surface area contributed by atoms with Gasteiger partial charge in [-0.15, -0.1) is 0 Å². The zero-order chi connectivity index (χ0) is 13.1. The number of morpholine rings is 1. The van der Waals surface area contributed by atoms with Crippen LogP contribution in [-0.4, -0.2) is 42.8 Å². The molecule has 106 valence electrons. The van der Waals surface area contributed by atoms with E-state index in [2.05, 4.69) is 25.7 Å². The van der Waals surface area contributed by atoms with E-state index in [1.807, 2.05) is 0 Å². The van der Waals surface area contributed by atoms with Gasteiger partial charge < -0.3 is 10.5 Å². The van der Waals surface area contributed by atoms with E-state index in [-0.39, 0.29) is 12.1 Å². The van der Waals surface area contributed by atoms with Crippen LogP contribution in [-0.2, 0) is 4.74 Å². The maximum atomic E-state index is 5.98. The highest BCUT2D eigenvalue weighted by Crippen LogP contribution is 2.33. The molecule has 0 spiro atoms. The predicted molar refractivity (Wildman–Crippen MR) is 75.5 cm³/mol. The summed E-state index contributed by atoms with van der Waals surface area (Å²) in [5.74, 6) is 1.75. The number of ether oxygens (including phenoxy) is 1. The Bertz CT molecular complexity index is 229. The molecule has 2 N–H and O–H groups in total. The van der Waals surface area contributed by atoms with Crippen LogP contribution in [0.25, 0.3) is 0 Å². The molecule has 0 aromatic carbocycles. The van der Waals surface area contributed by atoms with Gasteiger partial charge in [-0.3, -0.25) is 4.90 Å². The molecule has 4 unspecified atom stereocenters. The van der Waals surface area contributed by atoms with E-state index in [0.29, 0.717) is 0 Å². The molecular weight excluding hydrogens is 224 g/mol. The number of nitrogens with two attached hydrogens (primary N) is 1. The highest BCUT2D eigenvalue weighted by Gasteiger charge is 2.32. The summed E-state index contributed by atoms with van der Waals surface area (Å²) in [5, 5.41) is 0. The number of hydrogen-bond donors (Lipinski definition) is 1. The molecule has 2 aliphatic rings. The van der Waals surface area contributed by atoms with Gasteiger partial charge in [-0.2, -0.15) is 0 Å². The van der Waals surface area contributed by atoms with Crippen molar-refractivity contribution in [1.82, 2.24) is 4.90 Å². The molecule has 1 aliphatic carbocycles. The van der Waals surface area contributed by atoms with Crippen LogP contribution in [0.1, 0.15) is 46.5 Å². The Morgan fingerprint density at radius 1 is 1.22 bits per heavy atom. The lowest BCUT2D eigenvalue weighted by molar-refractivity contribution is -0.0601. The number of nitrogens with zero attached hydrogens (tertiary/aromatic N) is 1. The maximum absolute atomic E-state index is 5.98. The van der Waals surface area contributed by atoms with E-state index in [0.717, 1.165) is 37.6 Å². The molecule has 1 aliphatic heterocycles. The van der Waals surface area contributed by atoms with Gasteiger partial charge in [-0.25, -0.2) is 0 Å². The molecule has 4 atom stereocenters. The van der Waals surface area contributed by atoms with Crippen LogP contribution >= 0.6 is 0 Å². The van der Waals surface area contributed by atoms with Gasteiger partial charge in [0.1, 0.15) is 0 Å². The smallest absolute Gasteiger partial charge is 0.0850 e. The average Bonchev–Trinajstić information content (AvgIpc) is 2.39. The summed E-state index contributed by atoms with van der Waals surface area (Å²) in [6.45, 7) is 9.79. The van der Waals surface area contributed by atoms with Crippen molar-refractivity contribution in [2.75, 3.05) is 19.7 Å². The SMILES string of the molecule is CC(C)C1CCCC(N2CCOC(C(C)N)C2)C1. The normalized spacial score (nSPS) is 36.8. The molecule has 1 saturated heterocycles. The first-order valence-corrected chi connectivity index (χ1v) is 7.69. The topological polar surface area (TPSA) is 38.5 Å². The van der Waals surface area contributed by atoms with Gasteiger partial charge in [0.2, 0.25) is 0 Å². The van der Waals surface area contributed by atoms with Crippen LogP contribution in [0.3, 0.4) is 0 Å². The summed E-state index contributed by atoms with van der Waals surface area (Å²) in [7, 11) is 0. The van der Waals surface area contributed by atoms with E-state index in [4.69, 9.17) is 10.5 Å². The Morgan fingerprint density at radius 3 is 2.67 bits per heavy atom. The molecule has 0 radical (unpaired) electrons. The molecule has 1 saturated carbocycles. The first-order valence-electron chi connectivity index (χ1n) is 7.69. The Balaban J connectivity index is 1.90. The lowest BCUT2D eigenvalue weighted by atomic mass is 9.78. The fraction of sp³-hybridized carbons (Fsp3) is 1.00. The fourth-order valence-electron chi connectivity index (χ4n) is 3.48. The summed E-state index contributed by atoms with van der Waals surface area (Å²) in [6, 6.07) is 0.925. The zero-order valence-electron chi connectivity index (χ0n) is 12.3. The third-order valence-corrected chi connectivity index (χ3v) is 4.86. The van der Waals surface area contributed by atoms with Crippen LogP contribution in [0.2, 0.25) is 0 Å². The van der Waals surface area contributed by atoms with Crippen LogP contribution in [0.15, 0.2) is 0 Å². The standard InChI is InChI=1S/C15H30N2O/c1-11(2)13-5-4-6-14(9-13)17-7-8-18-15(10-17)12(3)16/h11-15H,4-10,16H2,1-3H3. The van der Waals surface area contributed by atoms with E-state index in [1.54, 1.807) is 0 Å². The second-order valence-corrected chi connectivity index (χ2v) is 6.59. The third kappa shape index (κ3) is 3.46. The molecule has 1 heterocycles. The molecule has 0 amide bonds. The highest BCUT2D eigenvalue weighted by atomic mass is 16.5. The minimum atomic E-state index is 0.150. The summed E-state index contributed by atoms with van der Waals surface area (Å²) >= 11 is 0. The van der Waals surface area contributed by atoms with Crippen molar-refractivity contribution in [3.05, 3.63) is 0 Å². The van der Waals surface area contributed by atoms with Crippen molar-refractivity contribution in [1.29, 1.82) is 0 Å². The maximum Gasteiger partial charge on any atom is 0.0850 e. The van der Waals surface area contributed by atoms with E-state index < -0.39 is 0 Å². The van der Waals surface area contributed by atoms with E-state index in [9.17, 15) is 0 Å². The summed E-state index contributed by atoms with van der Waals surface area (Å²) in [4.78, 5) is 2.64. The van der Waals surface area contributed by atoms with Gasteiger partial charge in [0, 0.05) is 25.2 Å². The number of hydrogen-bond acceptors (Lipinski definition) is 3. The Hall–Kier alpha value is -0.120. The molecule has 0 aromatic rings. The van der Waals surface area contributed by atoms with Crippen molar-refractivity contribution < 1.29 is 4.74 Å². The van der Waals surface area contributed by atoms with Gasteiger partial charge in [0.25, 0.3) is 0 Å². The van der Waals surface area contributed by atoms with Crippen LogP contribution in [0, 0.1) is 11.8 Å². The monoisotopic (exact) mass is 254 g/mol. The minimum absolute atomic E-state index is 0.150. The third-order valence-electron chi connectivity index (χ3n) is 4.86. The lowest BCUT2D eigenvalue weighted by Gasteiger charge is -2.43. The van der Waals surface area contributed by atoms with Crippen LogP contribution < -0.4 is 5.73 Å². The second kappa shape index (κ2) is 6.36. The quantitative estimate of drug-likeness (QED) is 0.839. The van der Waals surface area contributed by atoms with Crippen LogP contribution in [0.5, 0.6) is 0 Å². The summed E-state index contributed by atoms with van der Waals surface area (Å²) in [6.07, 6.45) is 5.81. The predicted octanol–water partition coefficient (Wildman–Crippen LogP) is 2.25. The molecule has 0 aromatic heterocycles. The van der Waals surface area contributed by atoms with Crippen LogP contribution in [0.4, 0.5) is 0 Å². The van der Waals surface area contributed by atoms with E-state index in [1.165, 1.54) is 25.7 Å². The van der Waals surface area contributed by atoms with E-state index >= 15 is 0 Å². The van der Waals surface area contributed by atoms with Crippen molar-refractivity contribution in [3.8, 4) is 0 Å². The molecular formula is C15H30N2O. The second-order valence-electron chi connectivity index (χ2n) is 6.59. The van der Waals surface area contributed by atoms with Crippen molar-refractivity contribution >= 4 is 0 Å². The molecule has 3 nitrogen and oxygen atoms in total. The lowest BCUT2D eigenvalue weighted by Crippen LogP contribution is -2.53. The molecule has 2 rings (SSSR count). The molecule has 2 fully saturated rings. The largest absolute Gasteiger partial charge is 0.374 e. The first kappa shape index (κ1) is 14.3. The average molecular weight is 254 g/mol. The van der Waals surface area contributed by atoms with Gasteiger partial charge in [0.05, 0.1) is 12.7 Å². The Morgan fingerprint density at radius 2 is 2.00 bits per heavy atom. The van der Waals surface area contributed by atoms with Crippen molar-refractivity contribution in [3.63, 3.8) is 0 Å². The minimum Gasteiger partial charge on any atom is -0.374 e. The van der Waals surface area contributed by atoms with Crippen molar-refractivity contribution in [2.24, 2.45) is 17.6 Å². The van der Waals surface area contributed by atoms with Gasteiger partial charge in [-0.05, 0) is 31.6 Å². The van der Waals surface area contributed by atoms with Gasteiger partial charge >= 0.3 is 0 Å². The summed E-state index contributed by atoms with van der Waals surface area (Å²) in [5.41, 5.74) is 5.98. The first-order chi connectivity index (χ1) is 8.58.